The van der Waals surface area contributed by atoms with E-state index in [0.717, 1.165) is 31.3 Å². The number of piperazine rings is 1. The van der Waals surface area contributed by atoms with Gasteiger partial charge < -0.3 is 10.2 Å². The number of anilines is 1. The van der Waals surface area contributed by atoms with E-state index in [-0.39, 0.29) is 5.25 Å². The number of nitrogens with one attached hydrogen (secondary N) is 1. The van der Waals surface area contributed by atoms with Gasteiger partial charge >= 0.3 is 0 Å². The summed E-state index contributed by atoms with van der Waals surface area (Å²) < 4.78 is 24.3. The molecule has 17 heavy (non-hydrogen) atoms. The Labute approximate surface area is 106 Å². The Morgan fingerprint density at radius 3 is 2.65 bits per heavy atom. The molecule has 0 saturated carbocycles. The number of rotatable bonds is 3. The number of thiazole rings is 1. The fourth-order valence-electron chi connectivity index (χ4n) is 1.62. The van der Waals surface area contributed by atoms with Crippen molar-refractivity contribution in [2.24, 2.45) is 0 Å². The molecule has 1 aliphatic heterocycles. The van der Waals surface area contributed by atoms with Crippen LogP contribution in [-0.2, 0) is 9.84 Å². The Morgan fingerprint density at radius 2 is 2.06 bits per heavy atom. The SMILES string of the molecule is CC(C)S(=O)(=O)c1cnc(N2CCNCC2)s1. The zero-order chi connectivity index (χ0) is 12.5. The molecule has 7 heteroatoms. The van der Waals surface area contributed by atoms with Crippen molar-refractivity contribution in [2.75, 3.05) is 31.1 Å². The van der Waals surface area contributed by atoms with E-state index in [1.165, 1.54) is 17.5 Å². The Hall–Kier alpha value is -0.660. The van der Waals surface area contributed by atoms with Crippen molar-refractivity contribution in [1.82, 2.24) is 10.3 Å². The average molecular weight is 275 g/mol. The third kappa shape index (κ3) is 2.61. The van der Waals surface area contributed by atoms with E-state index in [2.05, 4.69) is 15.2 Å². The van der Waals surface area contributed by atoms with Gasteiger partial charge in [-0.1, -0.05) is 11.3 Å². The van der Waals surface area contributed by atoms with Crippen LogP contribution >= 0.6 is 11.3 Å². The number of hydrogen-bond donors (Lipinski definition) is 1. The summed E-state index contributed by atoms with van der Waals surface area (Å²) in [4.78, 5) is 6.35. The van der Waals surface area contributed by atoms with Crippen LogP contribution in [0.3, 0.4) is 0 Å². The van der Waals surface area contributed by atoms with Crippen LogP contribution in [0.5, 0.6) is 0 Å². The number of nitrogens with zero attached hydrogens (tertiary/aromatic N) is 2. The lowest BCUT2D eigenvalue weighted by Crippen LogP contribution is -2.43. The van der Waals surface area contributed by atoms with E-state index >= 15 is 0 Å². The Kier molecular flexibility index (Phi) is 3.70. The van der Waals surface area contributed by atoms with Gasteiger partial charge in [0.25, 0.3) is 0 Å². The second-order valence-electron chi connectivity index (χ2n) is 4.29. The van der Waals surface area contributed by atoms with E-state index in [9.17, 15) is 8.42 Å². The average Bonchev–Trinajstić information content (AvgIpc) is 2.80. The molecular formula is C10H17N3O2S2. The van der Waals surface area contributed by atoms with Crippen LogP contribution in [0.4, 0.5) is 5.13 Å². The quantitative estimate of drug-likeness (QED) is 0.881. The zero-order valence-electron chi connectivity index (χ0n) is 10.0. The van der Waals surface area contributed by atoms with Crippen LogP contribution in [0, 0.1) is 0 Å². The molecule has 0 bridgehead atoms. The third-order valence-corrected chi connectivity index (χ3v) is 6.47. The molecule has 1 N–H and O–H groups in total. The van der Waals surface area contributed by atoms with Crippen LogP contribution in [0.1, 0.15) is 13.8 Å². The first kappa shape index (κ1) is 12.8. The molecule has 0 aliphatic carbocycles. The lowest BCUT2D eigenvalue weighted by Gasteiger charge is -2.26. The minimum absolute atomic E-state index is 0.376. The van der Waals surface area contributed by atoms with Gasteiger partial charge in [0.15, 0.2) is 15.0 Å². The molecular weight excluding hydrogens is 258 g/mol. The van der Waals surface area contributed by atoms with Gasteiger partial charge in [0.2, 0.25) is 0 Å². The molecule has 0 atom stereocenters. The molecule has 1 fully saturated rings. The van der Waals surface area contributed by atoms with Crippen LogP contribution in [0.25, 0.3) is 0 Å². The summed E-state index contributed by atoms with van der Waals surface area (Å²) in [5.74, 6) is 0. The molecule has 0 amide bonds. The lowest BCUT2D eigenvalue weighted by molar-refractivity contribution is 0.588. The molecule has 96 valence electrons. The fraction of sp³-hybridized carbons (Fsp3) is 0.700. The van der Waals surface area contributed by atoms with Crippen molar-refractivity contribution in [3.8, 4) is 0 Å². The lowest BCUT2D eigenvalue weighted by atomic mass is 10.4. The minimum Gasteiger partial charge on any atom is -0.346 e. The van der Waals surface area contributed by atoms with Gasteiger partial charge in [-0.05, 0) is 13.8 Å². The maximum Gasteiger partial charge on any atom is 0.191 e. The molecule has 5 nitrogen and oxygen atoms in total. The predicted octanol–water partition coefficient (Wildman–Crippen LogP) is 0.735. The van der Waals surface area contributed by atoms with Gasteiger partial charge in [0.1, 0.15) is 4.21 Å². The van der Waals surface area contributed by atoms with Gasteiger partial charge in [0, 0.05) is 26.2 Å². The van der Waals surface area contributed by atoms with E-state index in [1.807, 2.05) is 0 Å². The second kappa shape index (κ2) is 4.91. The number of aromatic nitrogens is 1. The second-order valence-corrected chi connectivity index (χ2v) is 8.03. The highest BCUT2D eigenvalue weighted by atomic mass is 32.2. The summed E-state index contributed by atoms with van der Waals surface area (Å²) in [6.45, 7) is 7.00. The molecule has 1 saturated heterocycles. The van der Waals surface area contributed by atoms with E-state index in [0.29, 0.717) is 4.21 Å². The zero-order valence-corrected chi connectivity index (χ0v) is 11.6. The maximum atomic E-state index is 12.0. The third-order valence-electron chi connectivity index (χ3n) is 2.76. The van der Waals surface area contributed by atoms with Crippen molar-refractivity contribution in [3.05, 3.63) is 6.20 Å². The summed E-state index contributed by atoms with van der Waals surface area (Å²) in [6, 6.07) is 0. The van der Waals surface area contributed by atoms with E-state index in [4.69, 9.17) is 0 Å². The van der Waals surface area contributed by atoms with Gasteiger partial charge in [-0.25, -0.2) is 13.4 Å². The van der Waals surface area contributed by atoms with Gasteiger partial charge in [-0.15, -0.1) is 0 Å². The molecule has 0 radical (unpaired) electrons. The molecule has 0 aromatic carbocycles. The van der Waals surface area contributed by atoms with E-state index < -0.39 is 9.84 Å². The molecule has 2 heterocycles. The van der Waals surface area contributed by atoms with Crippen molar-refractivity contribution in [2.45, 2.75) is 23.3 Å². The summed E-state index contributed by atoms with van der Waals surface area (Å²) in [5, 5.41) is 3.68. The fourth-order valence-corrected chi connectivity index (χ4v) is 4.25. The van der Waals surface area contributed by atoms with Crippen molar-refractivity contribution >= 4 is 26.3 Å². The van der Waals surface area contributed by atoms with Crippen LogP contribution < -0.4 is 10.2 Å². The molecule has 1 aliphatic rings. The normalized spacial score (nSPS) is 17.7. The Balaban J connectivity index is 2.21. The smallest absolute Gasteiger partial charge is 0.191 e. The summed E-state index contributed by atoms with van der Waals surface area (Å²) in [7, 11) is -3.18. The highest BCUT2D eigenvalue weighted by Gasteiger charge is 2.24. The van der Waals surface area contributed by atoms with Gasteiger partial charge in [-0.3, -0.25) is 0 Å². The monoisotopic (exact) mass is 275 g/mol. The minimum atomic E-state index is -3.18. The number of sulfone groups is 1. The summed E-state index contributed by atoms with van der Waals surface area (Å²) in [6.07, 6.45) is 1.48. The molecule has 1 aromatic heterocycles. The number of hydrogen-bond acceptors (Lipinski definition) is 6. The Morgan fingerprint density at radius 1 is 1.41 bits per heavy atom. The van der Waals surface area contributed by atoms with Gasteiger partial charge in [-0.2, -0.15) is 0 Å². The largest absolute Gasteiger partial charge is 0.346 e. The van der Waals surface area contributed by atoms with Crippen LogP contribution in [0.15, 0.2) is 10.4 Å². The molecule has 0 spiro atoms. The van der Waals surface area contributed by atoms with Crippen LogP contribution in [0.2, 0.25) is 0 Å². The molecule has 0 unspecified atom stereocenters. The van der Waals surface area contributed by atoms with E-state index in [1.54, 1.807) is 13.8 Å². The maximum absolute atomic E-state index is 12.0. The van der Waals surface area contributed by atoms with Gasteiger partial charge in [0.05, 0.1) is 11.4 Å². The van der Waals surface area contributed by atoms with Crippen LogP contribution in [-0.4, -0.2) is 44.8 Å². The summed E-state index contributed by atoms with van der Waals surface area (Å²) >= 11 is 1.27. The molecule has 1 aromatic rings. The van der Waals surface area contributed by atoms with Crippen molar-refractivity contribution in [3.63, 3.8) is 0 Å². The summed E-state index contributed by atoms with van der Waals surface area (Å²) in [5.41, 5.74) is 0. The van der Waals surface area contributed by atoms with Crippen molar-refractivity contribution < 1.29 is 8.42 Å². The highest BCUT2D eigenvalue weighted by molar-refractivity contribution is 7.94. The first-order valence-electron chi connectivity index (χ1n) is 5.67. The standard InChI is InChI=1S/C10H17N3O2S2/c1-8(2)17(14,15)9-7-12-10(16-9)13-5-3-11-4-6-13/h7-8,11H,3-6H2,1-2H3. The molecule has 2 rings (SSSR count). The predicted molar refractivity (Wildman–Crippen MR) is 69.5 cm³/mol. The Bertz CT molecular complexity index is 475. The highest BCUT2D eigenvalue weighted by Crippen LogP contribution is 2.28. The first-order chi connectivity index (χ1) is 8.01. The first-order valence-corrected chi connectivity index (χ1v) is 8.03. The topological polar surface area (TPSA) is 62.3 Å². The van der Waals surface area contributed by atoms with Crippen molar-refractivity contribution in [1.29, 1.82) is 0 Å².